The van der Waals surface area contributed by atoms with E-state index in [-0.39, 0.29) is 0 Å². The van der Waals surface area contributed by atoms with Crippen LogP contribution in [0.25, 0.3) is 5.69 Å². The second-order valence-corrected chi connectivity index (χ2v) is 5.07. The van der Waals surface area contributed by atoms with Crippen molar-refractivity contribution in [3.8, 4) is 11.8 Å². The Morgan fingerprint density at radius 3 is 2.71 bits per heavy atom. The lowest BCUT2D eigenvalue weighted by molar-refractivity contribution is 0.768. The van der Waals surface area contributed by atoms with Crippen molar-refractivity contribution >= 4 is 15.9 Å². The number of nitriles is 1. The summed E-state index contributed by atoms with van der Waals surface area (Å²) in [5.41, 5.74) is 2.56. The van der Waals surface area contributed by atoms with Gasteiger partial charge in [-0.3, -0.25) is 0 Å². The highest BCUT2D eigenvalue weighted by Gasteiger charge is 2.06. The Morgan fingerprint density at radius 2 is 2.12 bits per heavy atom. The lowest BCUT2D eigenvalue weighted by Gasteiger charge is -2.03. The standard InChI is InChI=1S/C13H12BrN3/c1-9(2)13-3-4-17(16-13)12-6-10(8-15)5-11(14)7-12/h3-7,9H,1-2H3. The normalized spacial score (nSPS) is 10.5. The lowest BCUT2D eigenvalue weighted by atomic mass is 10.1. The van der Waals surface area contributed by atoms with Crippen molar-refractivity contribution in [3.05, 3.63) is 46.2 Å². The van der Waals surface area contributed by atoms with Gasteiger partial charge in [-0.2, -0.15) is 10.4 Å². The van der Waals surface area contributed by atoms with Crippen LogP contribution in [0.1, 0.15) is 31.0 Å². The molecule has 0 bridgehead atoms. The van der Waals surface area contributed by atoms with Gasteiger partial charge in [-0.25, -0.2) is 4.68 Å². The minimum absolute atomic E-state index is 0.402. The van der Waals surface area contributed by atoms with Gasteiger partial charge in [0.25, 0.3) is 0 Å². The van der Waals surface area contributed by atoms with Crippen molar-refractivity contribution in [2.75, 3.05) is 0 Å². The van der Waals surface area contributed by atoms with Gasteiger partial charge in [-0.1, -0.05) is 29.8 Å². The average Bonchev–Trinajstić information content (AvgIpc) is 2.77. The number of hydrogen-bond donors (Lipinski definition) is 0. The summed E-state index contributed by atoms with van der Waals surface area (Å²) in [7, 11) is 0. The van der Waals surface area contributed by atoms with Crippen molar-refractivity contribution in [2.45, 2.75) is 19.8 Å². The van der Waals surface area contributed by atoms with Gasteiger partial charge in [-0.15, -0.1) is 0 Å². The number of hydrogen-bond acceptors (Lipinski definition) is 2. The molecule has 0 saturated carbocycles. The molecule has 0 amide bonds. The quantitative estimate of drug-likeness (QED) is 0.847. The number of halogens is 1. The predicted molar refractivity (Wildman–Crippen MR) is 70.1 cm³/mol. The summed E-state index contributed by atoms with van der Waals surface area (Å²) < 4.78 is 2.68. The van der Waals surface area contributed by atoms with Crippen LogP contribution in [0.15, 0.2) is 34.9 Å². The number of benzene rings is 1. The van der Waals surface area contributed by atoms with Crippen molar-refractivity contribution in [3.63, 3.8) is 0 Å². The zero-order valence-corrected chi connectivity index (χ0v) is 11.3. The fraction of sp³-hybridized carbons (Fsp3) is 0.231. The molecule has 1 heterocycles. The molecule has 4 heteroatoms. The fourth-order valence-corrected chi connectivity index (χ4v) is 2.04. The van der Waals surface area contributed by atoms with Crippen LogP contribution >= 0.6 is 15.9 Å². The van der Waals surface area contributed by atoms with E-state index < -0.39 is 0 Å². The second kappa shape index (κ2) is 4.72. The van der Waals surface area contributed by atoms with E-state index in [1.165, 1.54) is 0 Å². The SMILES string of the molecule is CC(C)c1ccn(-c2cc(Br)cc(C#N)c2)n1. The molecule has 3 nitrogen and oxygen atoms in total. The first kappa shape index (κ1) is 11.9. The van der Waals surface area contributed by atoms with E-state index in [4.69, 9.17) is 5.26 Å². The average molecular weight is 290 g/mol. The predicted octanol–water partition coefficient (Wildman–Crippen LogP) is 3.63. The first-order valence-corrected chi connectivity index (χ1v) is 6.16. The molecule has 86 valence electrons. The Labute approximate surface area is 109 Å². The molecule has 0 aliphatic heterocycles. The molecule has 0 spiro atoms. The second-order valence-electron chi connectivity index (χ2n) is 4.15. The summed E-state index contributed by atoms with van der Waals surface area (Å²) in [5.74, 6) is 0.402. The van der Waals surface area contributed by atoms with Crippen LogP contribution < -0.4 is 0 Å². The molecule has 1 aromatic heterocycles. The summed E-state index contributed by atoms with van der Waals surface area (Å²) in [5, 5.41) is 13.4. The van der Waals surface area contributed by atoms with Crippen LogP contribution in [-0.2, 0) is 0 Å². The van der Waals surface area contributed by atoms with E-state index in [0.717, 1.165) is 15.9 Å². The van der Waals surface area contributed by atoms with Gasteiger partial charge in [0.1, 0.15) is 0 Å². The van der Waals surface area contributed by atoms with Gasteiger partial charge in [-0.05, 0) is 30.2 Å². The first-order chi connectivity index (χ1) is 8.10. The molecule has 0 aliphatic carbocycles. The van der Waals surface area contributed by atoms with Gasteiger partial charge in [0.05, 0.1) is 23.0 Å². The number of aromatic nitrogens is 2. The van der Waals surface area contributed by atoms with Crippen molar-refractivity contribution < 1.29 is 0 Å². The fourth-order valence-electron chi connectivity index (χ4n) is 1.56. The number of rotatable bonds is 2. The molecule has 2 rings (SSSR count). The highest BCUT2D eigenvalue weighted by Crippen LogP contribution is 2.19. The van der Waals surface area contributed by atoms with Crippen LogP contribution in [0.2, 0.25) is 0 Å². The maximum atomic E-state index is 8.93. The zero-order valence-electron chi connectivity index (χ0n) is 9.68. The van der Waals surface area contributed by atoms with Gasteiger partial charge in [0.15, 0.2) is 0 Å². The summed E-state index contributed by atoms with van der Waals surface area (Å²) in [6, 6.07) is 9.69. The first-order valence-electron chi connectivity index (χ1n) is 5.37. The summed E-state index contributed by atoms with van der Waals surface area (Å²) in [6.07, 6.45) is 1.91. The van der Waals surface area contributed by atoms with E-state index in [0.29, 0.717) is 11.5 Å². The molecule has 0 radical (unpaired) electrons. The summed E-state index contributed by atoms with van der Waals surface area (Å²) in [6.45, 7) is 4.21. The van der Waals surface area contributed by atoms with Crippen LogP contribution in [0.3, 0.4) is 0 Å². The van der Waals surface area contributed by atoms with Gasteiger partial charge >= 0.3 is 0 Å². The van der Waals surface area contributed by atoms with E-state index in [1.54, 1.807) is 10.7 Å². The van der Waals surface area contributed by atoms with Gasteiger partial charge in [0.2, 0.25) is 0 Å². The van der Waals surface area contributed by atoms with E-state index in [2.05, 4.69) is 40.9 Å². The molecule has 0 unspecified atom stereocenters. The third-order valence-corrected chi connectivity index (χ3v) is 2.94. The molecule has 0 saturated heterocycles. The molecule has 0 N–H and O–H groups in total. The Hall–Kier alpha value is -1.60. The molecule has 0 fully saturated rings. The topological polar surface area (TPSA) is 41.6 Å². The monoisotopic (exact) mass is 289 g/mol. The molecule has 1 aromatic carbocycles. The largest absolute Gasteiger partial charge is 0.241 e. The lowest BCUT2D eigenvalue weighted by Crippen LogP contribution is -1.97. The zero-order chi connectivity index (χ0) is 12.4. The van der Waals surface area contributed by atoms with Crippen LogP contribution in [0.4, 0.5) is 0 Å². The number of nitrogens with zero attached hydrogens (tertiary/aromatic N) is 3. The minimum Gasteiger partial charge on any atom is -0.241 e. The molecule has 0 aliphatic rings. The third-order valence-electron chi connectivity index (χ3n) is 2.48. The Bertz CT molecular complexity index is 579. The van der Waals surface area contributed by atoms with Gasteiger partial charge in [0, 0.05) is 10.7 Å². The van der Waals surface area contributed by atoms with Crippen LogP contribution in [0, 0.1) is 11.3 Å². The summed E-state index contributed by atoms with van der Waals surface area (Å²) in [4.78, 5) is 0. The molecule has 2 aromatic rings. The summed E-state index contributed by atoms with van der Waals surface area (Å²) >= 11 is 3.39. The van der Waals surface area contributed by atoms with Gasteiger partial charge < -0.3 is 0 Å². The van der Waals surface area contributed by atoms with Crippen LogP contribution in [0.5, 0.6) is 0 Å². The molecule has 17 heavy (non-hydrogen) atoms. The van der Waals surface area contributed by atoms with E-state index >= 15 is 0 Å². The molecular weight excluding hydrogens is 278 g/mol. The van der Waals surface area contributed by atoms with Crippen molar-refractivity contribution in [2.24, 2.45) is 0 Å². The third kappa shape index (κ3) is 2.56. The van der Waals surface area contributed by atoms with Crippen LogP contribution in [-0.4, -0.2) is 9.78 Å². The highest BCUT2D eigenvalue weighted by molar-refractivity contribution is 9.10. The Kier molecular flexibility index (Phi) is 3.30. The Balaban J connectivity index is 2.45. The smallest absolute Gasteiger partial charge is 0.0992 e. The molecular formula is C13H12BrN3. The van der Waals surface area contributed by atoms with Crippen molar-refractivity contribution in [1.29, 1.82) is 5.26 Å². The molecule has 0 atom stereocenters. The maximum Gasteiger partial charge on any atom is 0.0992 e. The van der Waals surface area contributed by atoms with Crippen molar-refractivity contribution in [1.82, 2.24) is 9.78 Å². The van der Waals surface area contributed by atoms with E-state index in [9.17, 15) is 0 Å². The minimum atomic E-state index is 0.402. The Morgan fingerprint density at radius 1 is 1.35 bits per heavy atom. The highest BCUT2D eigenvalue weighted by atomic mass is 79.9. The van der Waals surface area contributed by atoms with E-state index in [1.807, 2.05) is 24.4 Å². The maximum absolute atomic E-state index is 8.93.